The summed E-state index contributed by atoms with van der Waals surface area (Å²) in [7, 11) is 0. The van der Waals surface area contributed by atoms with Crippen LogP contribution in [0.15, 0.2) is 41.5 Å². The minimum atomic E-state index is -0.663. The average molecular weight is 284 g/mol. The maximum Gasteiger partial charge on any atom is 0.267 e. The predicted octanol–water partition coefficient (Wildman–Crippen LogP) is 1.72. The van der Waals surface area contributed by atoms with E-state index in [2.05, 4.69) is 15.4 Å². The third-order valence-corrected chi connectivity index (χ3v) is 3.54. The molecule has 6 nitrogen and oxygen atoms in total. The minimum absolute atomic E-state index is 0.267. The molecule has 0 radical (unpaired) electrons. The quantitative estimate of drug-likeness (QED) is 0.927. The highest BCUT2D eigenvalue weighted by molar-refractivity contribution is 5.93. The molecule has 6 heteroatoms. The zero-order valence-electron chi connectivity index (χ0n) is 11.7. The molecule has 0 aromatic carbocycles. The molecule has 1 fully saturated rings. The Hall–Kier alpha value is -2.50. The van der Waals surface area contributed by atoms with Gasteiger partial charge in [0.25, 0.3) is 5.56 Å². The van der Waals surface area contributed by atoms with E-state index in [0.29, 0.717) is 11.6 Å². The van der Waals surface area contributed by atoms with Crippen molar-refractivity contribution in [1.29, 1.82) is 0 Å². The molecule has 1 atom stereocenters. The Bertz CT molecular complexity index is 707. The molecule has 1 aliphatic rings. The summed E-state index contributed by atoms with van der Waals surface area (Å²) in [6, 6.07) is 5.97. The highest BCUT2D eigenvalue weighted by Crippen LogP contribution is 2.38. The van der Waals surface area contributed by atoms with E-state index in [1.807, 2.05) is 0 Å². The van der Waals surface area contributed by atoms with Gasteiger partial charge in [0.2, 0.25) is 5.91 Å². The molecule has 1 saturated carbocycles. The number of hydrogen-bond donors (Lipinski definition) is 1. The number of hydrogen-bond acceptors (Lipinski definition) is 4. The van der Waals surface area contributed by atoms with Crippen LogP contribution < -0.4 is 10.9 Å². The van der Waals surface area contributed by atoms with Gasteiger partial charge in [-0.1, -0.05) is 0 Å². The van der Waals surface area contributed by atoms with E-state index in [1.165, 1.54) is 10.7 Å². The SMILES string of the molecule is CC(C(=O)Nc1ccncc1)n1nc(C2CC2)ccc1=O. The summed E-state index contributed by atoms with van der Waals surface area (Å²) in [5, 5.41) is 7.08. The van der Waals surface area contributed by atoms with E-state index < -0.39 is 6.04 Å². The first-order valence-corrected chi connectivity index (χ1v) is 6.96. The number of carbonyl (C=O) groups excluding carboxylic acids is 1. The number of pyridine rings is 1. The maximum atomic E-state index is 12.2. The molecular formula is C15H16N4O2. The van der Waals surface area contributed by atoms with Crippen LogP contribution in [-0.2, 0) is 4.79 Å². The van der Waals surface area contributed by atoms with Crippen molar-refractivity contribution < 1.29 is 4.79 Å². The van der Waals surface area contributed by atoms with Crippen LogP contribution >= 0.6 is 0 Å². The molecule has 0 bridgehead atoms. The number of aromatic nitrogens is 3. The molecular weight excluding hydrogens is 268 g/mol. The second-order valence-corrected chi connectivity index (χ2v) is 5.22. The Morgan fingerprint density at radius 2 is 2.00 bits per heavy atom. The summed E-state index contributed by atoms with van der Waals surface area (Å²) in [6.45, 7) is 1.67. The van der Waals surface area contributed by atoms with Crippen molar-refractivity contribution in [2.75, 3.05) is 5.32 Å². The number of amides is 1. The fraction of sp³-hybridized carbons (Fsp3) is 0.333. The summed E-state index contributed by atoms with van der Waals surface area (Å²) in [4.78, 5) is 28.0. The summed E-state index contributed by atoms with van der Waals surface area (Å²) in [5.74, 6) is 0.163. The van der Waals surface area contributed by atoms with Gasteiger partial charge in [0, 0.05) is 30.1 Å². The first kappa shape index (κ1) is 13.5. The lowest BCUT2D eigenvalue weighted by atomic mass is 10.2. The van der Waals surface area contributed by atoms with E-state index in [0.717, 1.165) is 18.5 Å². The van der Waals surface area contributed by atoms with Crippen molar-refractivity contribution in [1.82, 2.24) is 14.8 Å². The van der Waals surface area contributed by atoms with Crippen LogP contribution in [0.25, 0.3) is 0 Å². The van der Waals surface area contributed by atoms with Crippen LogP contribution in [0.3, 0.4) is 0 Å². The standard InChI is InChI=1S/C15H16N4O2/c1-10(15(21)17-12-6-8-16-9-7-12)19-14(20)5-4-13(18-19)11-2-3-11/h4-11H,2-3H2,1H3,(H,16,17,21). The van der Waals surface area contributed by atoms with Crippen molar-refractivity contribution in [3.8, 4) is 0 Å². The third kappa shape index (κ3) is 2.99. The van der Waals surface area contributed by atoms with Crippen LogP contribution in [-0.4, -0.2) is 20.7 Å². The van der Waals surface area contributed by atoms with E-state index >= 15 is 0 Å². The monoisotopic (exact) mass is 284 g/mol. The van der Waals surface area contributed by atoms with Gasteiger partial charge >= 0.3 is 0 Å². The summed E-state index contributed by atoms with van der Waals surface area (Å²) in [5.41, 5.74) is 1.27. The van der Waals surface area contributed by atoms with Crippen molar-refractivity contribution in [3.05, 3.63) is 52.7 Å². The van der Waals surface area contributed by atoms with Gasteiger partial charge in [-0.25, -0.2) is 4.68 Å². The molecule has 1 unspecified atom stereocenters. The minimum Gasteiger partial charge on any atom is -0.324 e. The Morgan fingerprint density at radius 3 is 2.67 bits per heavy atom. The molecule has 1 amide bonds. The lowest BCUT2D eigenvalue weighted by Crippen LogP contribution is -2.33. The zero-order valence-corrected chi connectivity index (χ0v) is 11.7. The van der Waals surface area contributed by atoms with Gasteiger partial charge in [-0.05, 0) is 38.0 Å². The molecule has 1 N–H and O–H groups in total. The second kappa shape index (κ2) is 5.47. The van der Waals surface area contributed by atoms with Gasteiger partial charge in [-0.3, -0.25) is 14.6 Å². The van der Waals surface area contributed by atoms with Crippen LogP contribution in [0.2, 0.25) is 0 Å². The number of carbonyl (C=O) groups is 1. The Morgan fingerprint density at radius 1 is 1.29 bits per heavy atom. The fourth-order valence-electron chi connectivity index (χ4n) is 2.11. The highest BCUT2D eigenvalue weighted by Gasteiger charge is 2.27. The highest BCUT2D eigenvalue weighted by atomic mass is 16.2. The topological polar surface area (TPSA) is 76.9 Å². The number of nitrogens with zero attached hydrogens (tertiary/aromatic N) is 3. The second-order valence-electron chi connectivity index (χ2n) is 5.22. The van der Waals surface area contributed by atoms with Crippen molar-refractivity contribution in [3.63, 3.8) is 0 Å². The van der Waals surface area contributed by atoms with E-state index in [-0.39, 0.29) is 11.5 Å². The Labute approximate surface area is 121 Å². The first-order valence-electron chi connectivity index (χ1n) is 6.96. The van der Waals surface area contributed by atoms with Gasteiger partial charge in [-0.15, -0.1) is 0 Å². The molecule has 0 aliphatic heterocycles. The van der Waals surface area contributed by atoms with Crippen LogP contribution in [0.5, 0.6) is 0 Å². The molecule has 3 rings (SSSR count). The molecule has 2 heterocycles. The molecule has 2 aromatic heterocycles. The predicted molar refractivity (Wildman–Crippen MR) is 78.0 cm³/mol. The summed E-state index contributed by atoms with van der Waals surface area (Å²) < 4.78 is 1.25. The number of rotatable bonds is 4. The Balaban J connectivity index is 1.81. The van der Waals surface area contributed by atoms with Crippen LogP contribution in [0.1, 0.15) is 37.4 Å². The molecule has 2 aromatic rings. The third-order valence-electron chi connectivity index (χ3n) is 3.54. The zero-order chi connectivity index (χ0) is 14.8. The maximum absolute atomic E-state index is 12.2. The summed E-state index contributed by atoms with van der Waals surface area (Å²) in [6.07, 6.45) is 5.39. The van der Waals surface area contributed by atoms with Crippen molar-refractivity contribution >= 4 is 11.6 Å². The van der Waals surface area contributed by atoms with Crippen LogP contribution in [0.4, 0.5) is 5.69 Å². The molecule has 108 valence electrons. The van der Waals surface area contributed by atoms with Gasteiger partial charge in [0.05, 0.1) is 5.69 Å². The lowest BCUT2D eigenvalue weighted by Gasteiger charge is -2.14. The van der Waals surface area contributed by atoms with Crippen molar-refractivity contribution in [2.24, 2.45) is 0 Å². The lowest BCUT2D eigenvalue weighted by molar-refractivity contribution is -0.119. The molecule has 0 spiro atoms. The van der Waals surface area contributed by atoms with Gasteiger partial charge < -0.3 is 5.32 Å². The van der Waals surface area contributed by atoms with Crippen LogP contribution in [0, 0.1) is 0 Å². The smallest absolute Gasteiger partial charge is 0.267 e. The van der Waals surface area contributed by atoms with Gasteiger partial charge in [0.1, 0.15) is 6.04 Å². The van der Waals surface area contributed by atoms with E-state index in [9.17, 15) is 9.59 Å². The largest absolute Gasteiger partial charge is 0.324 e. The van der Waals surface area contributed by atoms with Gasteiger partial charge in [-0.2, -0.15) is 5.10 Å². The van der Waals surface area contributed by atoms with Crippen molar-refractivity contribution in [2.45, 2.75) is 31.7 Å². The fourth-order valence-corrected chi connectivity index (χ4v) is 2.11. The number of anilines is 1. The molecule has 21 heavy (non-hydrogen) atoms. The van der Waals surface area contributed by atoms with E-state index in [4.69, 9.17) is 0 Å². The normalized spacial score (nSPS) is 15.5. The molecule has 0 saturated heterocycles. The number of nitrogens with one attached hydrogen (secondary N) is 1. The molecule has 1 aliphatic carbocycles. The average Bonchev–Trinajstić information content (AvgIpc) is 3.33. The van der Waals surface area contributed by atoms with E-state index in [1.54, 1.807) is 37.5 Å². The Kier molecular flexibility index (Phi) is 3.51. The van der Waals surface area contributed by atoms with Gasteiger partial charge in [0.15, 0.2) is 0 Å². The summed E-state index contributed by atoms with van der Waals surface area (Å²) >= 11 is 0. The first-order chi connectivity index (χ1) is 10.1.